The third-order valence-corrected chi connectivity index (χ3v) is 11.7. The van der Waals surface area contributed by atoms with Crippen LogP contribution in [0.5, 0.6) is 0 Å². The summed E-state index contributed by atoms with van der Waals surface area (Å²) in [6.07, 6.45) is 12.4. The highest BCUT2D eigenvalue weighted by molar-refractivity contribution is 5.96. The number of amides is 1. The number of hydrogen-bond acceptors (Lipinski definition) is 10. The molecule has 7 rings (SSSR count). The lowest BCUT2D eigenvalue weighted by Gasteiger charge is -2.36. The molecule has 3 aliphatic rings. The molecule has 1 unspecified atom stereocenters. The van der Waals surface area contributed by atoms with Gasteiger partial charge in [-0.05, 0) is 106 Å². The van der Waals surface area contributed by atoms with Crippen molar-refractivity contribution in [2.75, 3.05) is 36.4 Å². The predicted octanol–water partition coefficient (Wildman–Crippen LogP) is 7.26. The van der Waals surface area contributed by atoms with Gasteiger partial charge in [-0.1, -0.05) is 37.2 Å². The maximum Gasteiger partial charge on any atom is 0.271 e. The van der Waals surface area contributed by atoms with Gasteiger partial charge in [0.25, 0.3) is 5.91 Å². The Morgan fingerprint density at radius 1 is 0.943 bits per heavy atom. The van der Waals surface area contributed by atoms with E-state index in [0.29, 0.717) is 36.3 Å². The number of hydrogen-bond donors (Lipinski definition) is 2. The molecule has 4 heterocycles. The Balaban J connectivity index is 0.972. The van der Waals surface area contributed by atoms with Gasteiger partial charge in [0.2, 0.25) is 0 Å². The van der Waals surface area contributed by atoms with Gasteiger partial charge in [-0.2, -0.15) is 0 Å². The molecule has 0 bridgehead atoms. The first-order valence-electron chi connectivity index (χ1n) is 19.6. The third-order valence-electron chi connectivity index (χ3n) is 11.7. The first kappa shape index (κ1) is 36.7. The third kappa shape index (κ3) is 8.15. The topological polar surface area (TPSA) is 148 Å². The smallest absolute Gasteiger partial charge is 0.271 e. The van der Waals surface area contributed by atoms with E-state index in [2.05, 4.69) is 61.7 Å². The fourth-order valence-electron chi connectivity index (χ4n) is 8.71. The van der Waals surface area contributed by atoms with Crippen molar-refractivity contribution < 1.29 is 18.9 Å². The molecule has 53 heavy (non-hydrogen) atoms. The number of ketones is 2. The first-order valence-corrected chi connectivity index (χ1v) is 19.6. The van der Waals surface area contributed by atoms with Crippen molar-refractivity contribution in [3.8, 4) is 0 Å². The SMILES string of the molecule is CC(=O)CCC(C(=O)C(C)C)c1noc2c3c(ccc12)CCN(C1CCC(c2ccc(Nc4nc(N5CCCCC5)cnc4C(N)=O)cc2)CC1)CC3. The number of fused-ring (bicyclic) bond motifs is 3. The van der Waals surface area contributed by atoms with E-state index in [1.165, 1.54) is 23.1 Å². The van der Waals surface area contributed by atoms with Crippen LogP contribution < -0.4 is 16.0 Å². The summed E-state index contributed by atoms with van der Waals surface area (Å²) in [6.45, 7) is 9.23. The van der Waals surface area contributed by atoms with Gasteiger partial charge in [0.15, 0.2) is 17.1 Å². The van der Waals surface area contributed by atoms with Gasteiger partial charge in [-0.15, -0.1) is 0 Å². The van der Waals surface area contributed by atoms with Crippen molar-refractivity contribution in [3.63, 3.8) is 0 Å². The Labute approximate surface area is 312 Å². The average molecular weight is 720 g/mol. The summed E-state index contributed by atoms with van der Waals surface area (Å²) in [4.78, 5) is 51.2. The number of rotatable bonds is 12. The molecule has 2 aromatic carbocycles. The number of Topliss-reactive ketones (excluding diaryl/α,β-unsaturated/α-hetero) is 2. The van der Waals surface area contributed by atoms with Crippen LogP contribution in [-0.4, -0.2) is 69.7 Å². The molecule has 1 amide bonds. The molecule has 2 aliphatic heterocycles. The number of aromatic nitrogens is 3. The van der Waals surface area contributed by atoms with Crippen LogP contribution in [0.25, 0.3) is 11.0 Å². The van der Waals surface area contributed by atoms with Crippen molar-refractivity contribution in [1.29, 1.82) is 0 Å². The van der Waals surface area contributed by atoms with E-state index >= 15 is 0 Å². The molecular weight excluding hydrogens is 667 g/mol. The normalized spacial score (nSPS) is 20.2. The van der Waals surface area contributed by atoms with Crippen molar-refractivity contribution in [2.45, 2.75) is 109 Å². The summed E-state index contributed by atoms with van der Waals surface area (Å²) in [7, 11) is 0. The largest absolute Gasteiger partial charge is 0.364 e. The highest BCUT2D eigenvalue weighted by atomic mass is 16.5. The van der Waals surface area contributed by atoms with Gasteiger partial charge in [0, 0.05) is 61.2 Å². The predicted molar refractivity (Wildman–Crippen MR) is 207 cm³/mol. The molecule has 1 saturated carbocycles. The van der Waals surface area contributed by atoms with Crippen molar-refractivity contribution >= 4 is 45.8 Å². The van der Waals surface area contributed by atoms with Gasteiger partial charge >= 0.3 is 0 Å². The summed E-state index contributed by atoms with van der Waals surface area (Å²) >= 11 is 0. The lowest BCUT2D eigenvalue weighted by Crippen LogP contribution is -2.39. The molecular formula is C42H53N7O4. The van der Waals surface area contributed by atoms with Crippen LogP contribution in [-0.2, 0) is 22.4 Å². The molecule has 3 N–H and O–H groups in total. The van der Waals surface area contributed by atoms with Crippen LogP contribution >= 0.6 is 0 Å². The average Bonchev–Trinajstić information content (AvgIpc) is 3.47. The molecule has 4 aromatic rings. The number of nitrogens with zero attached hydrogens (tertiary/aromatic N) is 5. The van der Waals surface area contributed by atoms with E-state index in [4.69, 9.17) is 15.2 Å². The lowest BCUT2D eigenvalue weighted by atomic mass is 9.81. The maximum absolute atomic E-state index is 13.2. The number of benzene rings is 2. The van der Waals surface area contributed by atoms with E-state index in [9.17, 15) is 14.4 Å². The minimum absolute atomic E-state index is 0.0786. The summed E-state index contributed by atoms with van der Waals surface area (Å²) < 4.78 is 6.01. The molecule has 280 valence electrons. The monoisotopic (exact) mass is 719 g/mol. The molecule has 2 fully saturated rings. The molecule has 1 aliphatic carbocycles. The molecule has 0 radical (unpaired) electrons. The van der Waals surface area contributed by atoms with Crippen LogP contribution in [0, 0.1) is 5.92 Å². The molecule has 1 saturated heterocycles. The number of piperidine rings is 1. The Morgan fingerprint density at radius 2 is 1.68 bits per heavy atom. The van der Waals surface area contributed by atoms with Crippen LogP contribution in [0.15, 0.2) is 47.1 Å². The van der Waals surface area contributed by atoms with Gasteiger partial charge in [-0.3, -0.25) is 14.5 Å². The number of nitrogens with one attached hydrogen (secondary N) is 1. The molecule has 0 spiro atoms. The molecule has 11 heteroatoms. The second-order valence-electron chi connectivity index (χ2n) is 15.6. The van der Waals surface area contributed by atoms with Crippen LogP contribution in [0.2, 0.25) is 0 Å². The minimum Gasteiger partial charge on any atom is -0.364 e. The van der Waals surface area contributed by atoms with E-state index in [1.54, 1.807) is 13.1 Å². The highest BCUT2D eigenvalue weighted by Gasteiger charge is 2.32. The van der Waals surface area contributed by atoms with Crippen LogP contribution in [0.3, 0.4) is 0 Å². The number of carbonyl (C=O) groups is 3. The molecule has 1 atom stereocenters. The summed E-state index contributed by atoms with van der Waals surface area (Å²) in [6, 6.07) is 13.3. The van der Waals surface area contributed by atoms with E-state index < -0.39 is 11.8 Å². The zero-order valence-corrected chi connectivity index (χ0v) is 31.4. The fraction of sp³-hybridized carbons (Fsp3) is 0.524. The fourth-order valence-corrected chi connectivity index (χ4v) is 8.71. The van der Waals surface area contributed by atoms with E-state index in [1.807, 2.05) is 13.8 Å². The highest BCUT2D eigenvalue weighted by Crippen LogP contribution is 2.38. The number of primary amides is 1. The Hall–Kier alpha value is -4.64. The van der Waals surface area contributed by atoms with Gasteiger partial charge < -0.3 is 25.3 Å². The first-order chi connectivity index (χ1) is 25.7. The van der Waals surface area contributed by atoms with Crippen LogP contribution in [0.4, 0.5) is 17.3 Å². The Morgan fingerprint density at radius 3 is 2.38 bits per heavy atom. The standard InChI is InChI=1S/C42H53N7O4/c1-26(2)39(51)34(17-7-27(3)50)37-35-18-12-30-19-23-48(24-20-33(30)40(35)53-47-37)32-15-10-29(11-16-32)28-8-13-31(14-9-28)45-42-38(41(43)52)44-25-36(46-42)49-21-5-4-6-22-49/h8-9,12-14,18,25-26,29,32,34H,4-7,10-11,15-17,19-24H2,1-3H3,(H2,43,52)(H,45,46). The zero-order chi connectivity index (χ0) is 37.1. The Kier molecular flexibility index (Phi) is 11.2. The van der Waals surface area contributed by atoms with Crippen molar-refractivity contribution in [2.24, 2.45) is 11.7 Å². The summed E-state index contributed by atoms with van der Waals surface area (Å²) in [5.41, 5.74) is 12.0. The van der Waals surface area contributed by atoms with Crippen molar-refractivity contribution in [1.82, 2.24) is 20.0 Å². The van der Waals surface area contributed by atoms with Crippen molar-refractivity contribution in [3.05, 3.63) is 70.7 Å². The second kappa shape index (κ2) is 16.2. The Bertz CT molecular complexity index is 1940. The zero-order valence-electron chi connectivity index (χ0n) is 31.4. The molecule has 2 aromatic heterocycles. The quantitative estimate of drug-likeness (QED) is 0.153. The molecule has 11 nitrogen and oxygen atoms in total. The van der Waals surface area contributed by atoms with E-state index in [0.717, 1.165) is 100 Å². The van der Waals surface area contributed by atoms with E-state index in [-0.39, 0.29) is 23.2 Å². The van der Waals surface area contributed by atoms with Gasteiger partial charge in [0.1, 0.15) is 23.1 Å². The number of carbonyl (C=O) groups excluding carboxylic acids is 3. The van der Waals surface area contributed by atoms with Crippen LogP contribution in [0.1, 0.15) is 123 Å². The lowest BCUT2D eigenvalue weighted by molar-refractivity contribution is -0.124. The minimum atomic E-state index is -0.599. The summed E-state index contributed by atoms with van der Waals surface area (Å²) in [5, 5.41) is 8.70. The van der Waals surface area contributed by atoms with Gasteiger partial charge in [0.05, 0.1) is 12.1 Å². The maximum atomic E-state index is 13.2. The van der Waals surface area contributed by atoms with Gasteiger partial charge in [-0.25, -0.2) is 9.97 Å². The number of nitrogens with two attached hydrogens (primary N) is 1. The number of anilines is 3. The summed E-state index contributed by atoms with van der Waals surface area (Å²) in [5.74, 6) is 0.669. The second-order valence-corrected chi connectivity index (χ2v) is 15.6.